The van der Waals surface area contributed by atoms with Crippen LogP contribution in [-0.4, -0.2) is 65.4 Å². The van der Waals surface area contributed by atoms with Crippen molar-refractivity contribution in [1.29, 1.82) is 0 Å². The number of carbonyl (C=O) groups is 5. The van der Waals surface area contributed by atoms with E-state index in [9.17, 15) is 24.0 Å². The van der Waals surface area contributed by atoms with E-state index in [0.717, 1.165) is 11.1 Å². The monoisotopic (exact) mass is 511 g/mol. The lowest BCUT2D eigenvalue weighted by molar-refractivity contribution is -0.138. The van der Waals surface area contributed by atoms with Gasteiger partial charge in [-0.05, 0) is 31.4 Å². The van der Waals surface area contributed by atoms with E-state index < -0.39 is 60.3 Å². The number of rotatable bonds is 13. The Balaban J connectivity index is 1.92. The second-order valence-corrected chi connectivity index (χ2v) is 8.62. The van der Waals surface area contributed by atoms with Gasteiger partial charge in [0.05, 0.1) is 6.04 Å². The van der Waals surface area contributed by atoms with Crippen molar-refractivity contribution < 1.29 is 29.1 Å². The fraction of sp³-hybridized carbons (Fsp3) is 0.346. The van der Waals surface area contributed by atoms with Crippen LogP contribution in [0.25, 0.3) is 0 Å². The number of nitrogens with two attached hydrogens (primary N) is 1. The minimum atomic E-state index is -1.22. The molecule has 0 aliphatic heterocycles. The van der Waals surface area contributed by atoms with Gasteiger partial charge in [-0.2, -0.15) is 0 Å². The molecule has 0 radical (unpaired) electrons. The number of benzene rings is 2. The summed E-state index contributed by atoms with van der Waals surface area (Å²) in [5.74, 6) is -3.68. The van der Waals surface area contributed by atoms with Crippen molar-refractivity contribution in [3.8, 4) is 0 Å². The zero-order chi connectivity index (χ0) is 27.4. The number of nitrogens with one attached hydrogen (secondary N) is 4. The Kier molecular flexibility index (Phi) is 11.2. The van der Waals surface area contributed by atoms with Gasteiger partial charge in [0.25, 0.3) is 0 Å². The lowest BCUT2D eigenvalue weighted by Crippen LogP contribution is -2.57. The van der Waals surface area contributed by atoms with Crippen molar-refractivity contribution in [2.75, 3.05) is 6.54 Å². The Labute approximate surface area is 215 Å². The second-order valence-electron chi connectivity index (χ2n) is 8.62. The minimum Gasteiger partial charge on any atom is -0.480 e. The van der Waals surface area contributed by atoms with E-state index in [2.05, 4.69) is 21.3 Å². The van der Waals surface area contributed by atoms with E-state index in [1.165, 1.54) is 13.8 Å². The molecule has 2 aromatic carbocycles. The molecule has 0 heterocycles. The lowest BCUT2D eigenvalue weighted by Gasteiger charge is -2.23. The average molecular weight is 512 g/mol. The topological polar surface area (TPSA) is 180 Å². The molecule has 4 atom stereocenters. The normalized spacial score (nSPS) is 13.8. The predicted molar refractivity (Wildman–Crippen MR) is 136 cm³/mol. The molecule has 0 saturated carbocycles. The summed E-state index contributed by atoms with van der Waals surface area (Å²) in [4.78, 5) is 61.1. The molecule has 0 unspecified atom stereocenters. The lowest BCUT2D eigenvalue weighted by atomic mass is 10.0. The minimum absolute atomic E-state index is 0.116. The molecule has 7 N–H and O–H groups in total. The number of carbonyl (C=O) groups excluding carboxylic acids is 4. The van der Waals surface area contributed by atoms with Gasteiger partial charge in [0.2, 0.25) is 23.6 Å². The fourth-order valence-corrected chi connectivity index (χ4v) is 3.39. The Morgan fingerprint density at radius 2 is 1.16 bits per heavy atom. The van der Waals surface area contributed by atoms with E-state index in [-0.39, 0.29) is 6.42 Å². The highest BCUT2D eigenvalue weighted by Crippen LogP contribution is 2.05. The third-order valence-electron chi connectivity index (χ3n) is 5.47. The summed E-state index contributed by atoms with van der Waals surface area (Å²) in [6.45, 7) is 2.29. The highest BCUT2D eigenvalue weighted by molar-refractivity contribution is 5.95. The zero-order valence-electron chi connectivity index (χ0n) is 20.8. The fourth-order valence-electron chi connectivity index (χ4n) is 3.39. The zero-order valence-corrected chi connectivity index (χ0v) is 20.8. The summed E-state index contributed by atoms with van der Waals surface area (Å²) in [5, 5.41) is 18.7. The predicted octanol–water partition coefficient (Wildman–Crippen LogP) is -0.506. The Morgan fingerprint density at radius 3 is 1.68 bits per heavy atom. The van der Waals surface area contributed by atoms with Gasteiger partial charge in [-0.3, -0.25) is 24.0 Å². The molecule has 0 spiro atoms. The highest BCUT2D eigenvalue weighted by atomic mass is 16.4. The molecular formula is C26H33N5O6. The molecule has 4 amide bonds. The number of carboxylic acids is 1. The Bertz CT molecular complexity index is 1080. The van der Waals surface area contributed by atoms with Crippen LogP contribution >= 0.6 is 0 Å². The van der Waals surface area contributed by atoms with Crippen LogP contribution in [0, 0.1) is 0 Å². The van der Waals surface area contributed by atoms with Crippen molar-refractivity contribution >= 4 is 29.6 Å². The summed E-state index contributed by atoms with van der Waals surface area (Å²) in [6.07, 6.45) is 0.414. The van der Waals surface area contributed by atoms with Crippen molar-refractivity contribution in [3.05, 3.63) is 71.8 Å². The number of amides is 4. The van der Waals surface area contributed by atoms with E-state index in [0.29, 0.717) is 6.42 Å². The largest absolute Gasteiger partial charge is 0.480 e. The van der Waals surface area contributed by atoms with E-state index in [4.69, 9.17) is 10.8 Å². The molecule has 11 heteroatoms. The van der Waals surface area contributed by atoms with Crippen LogP contribution in [0.2, 0.25) is 0 Å². The van der Waals surface area contributed by atoms with Crippen molar-refractivity contribution in [3.63, 3.8) is 0 Å². The summed E-state index contributed by atoms with van der Waals surface area (Å²) in [6, 6.07) is 14.1. The maximum absolute atomic E-state index is 12.7. The van der Waals surface area contributed by atoms with Gasteiger partial charge in [-0.1, -0.05) is 60.7 Å². The van der Waals surface area contributed by atoms with Gasteiger partial charge in [0.15, 0.2) is 0 Å². The number of carboxylic acid groups (broad SMARTS) is 1. The standard InChI is InChI=1S/C26H33N5O6/c1-16(30-25(36)20(27)13-18-9-5-3-6-10-18)23(34)29-17(2)24(35)31-21(26(37)28-15-22(32)33)14-19-11-7-4-8-12-19/h3-12,16-17,20-21H,13-15,27H2,1-2H3,(H,28,37)(H,29,34)(H,30,36)(H,31,35)(H,32,33)/t16-,17-,20-,21-/m0/s1. The van der Waals surface area contributed by atoms with E-state index >= 15 is 0 Å². The van der Waals surface area contributed by atoms with Crippen LogP contribution in [0.5, 0.6) is 0 Å². The molecule has 0 saturated heterocycles. The summed E-state index contributed by atoms with van der Waals surface area (Å²) < 4.78 is 0. The van der Waals surface area contributed by atoms with Crippen LogP contribution in [-0.2, 0) is 36.8 Å². The number of hydrogen-bond donors (Lipinski definition) is 6. The van der Waals surface area contributed by atoms with Gasteiger partial charge in [-0.15, -0.1) is 0 Å². The van der Waals surface area contributed by atoms with Gasteiger partial charge >= 0.3 is 5.97 Å². The summed E-state index contributed by atoms with van der Waals surface area (Å²) in [7, 11) is 0. The highest BCUT2D eigenvalue weighted by Gasteiger charge is 2.27. The van der Waals surface area contributed by atoms with Gasteiger partial charge in [0, 0.05) is 6.42 Å². The Hall–Kier alpha value is -4.25. The molecule has 37 heavy (non-hydrogen) atoms. The molecule has 0 aromatic heterocycles. The average Bonchev–Trinajstić information content (AvgIpc) is 2.87. The molecular weight excluding hydrogens is 478 g/mol. The number of hydrogen-bond acceptors (Lipinski definition) is 6. The molecule has 11 nitrogen and oxygen atoms in total. The van der Waals surface area contributed by atoms with Crippen molar-refractivity contribution in [1.82, 2.24) is 21.3 Å². The third-order valence-corrected chi connectivity index (χ3v) is 5.47. The first-order valence-corrected chi connectivity index (χ1v) is 11.8. The molecule has 0 bridgehead atoms. The molecule has 2 aromatic rings. The maximum atomic E-state index is 12.7. The van der Waals surface area contributed by atoms with Crippen LogP contribution in [0.15, 0.2) is 60.7 Å². The molecule has 0 fully saturated rings. The molecule has 2 rings (SSSR count). The number of aliphatic carboxylic acids is 1. The smallest absolute Gasteiger partial charge is 0.322 e. The van der Waals surface area contributed by atoms with Gasteiger partial charge in [-0.25, -0.2) is 0 Å². The summed E-state index contributed by atoms with van der Waals surface area (Å²) in [5.41, 5.74) is 7.58. The maximum Gasteiger partial charge on any atom is 0.322 e. The van der Waals surface area contributed by atoms with Crippen LogP contribution in [0.4, 0.5) is 0 Å². The quantitative estimate of drug-likeness (QED) is 0.210. The molecule has 0 aliphatic rings. The van der Waals surface area contributed by atoms with Crippen molar-refractivity contribution in [2.45, 2.75) is 50.9 Å². The van der Waals surface area contributed by atoms with E-state index in [1.54, 1.807) is 30.3 Å². The van der Waals surface area contributed by atoms with Crippen LogP contribution in [0.1, 0.15) is 25.0 Å². The Morgan fingerprint density at radius 1 is 0.703 bits per heavy atom. The third kappa shape index (κ3) is 10.1. The first-order chi connectivity index (χ1) is 17.6. The van der Waals surface area contributed by atoms with Crippen LogP contribution < -0.4 is 27.0 Å². The van der Waals surface area contributed by atoms with Crippen LogP contribution in [0.3, 0.4) is 0 Å². The first-order valence-electron chi connectivity index (χ1n) is 11.8. The van der Waals surface area contributed by atoms with Gasteiger partial charge < -0.3 is 32.1 Å². The second kappa shape index (κ2) is 14.3. The first kappa shape index (κ1) is 29.0. The molecule has 198 valence electrons. The molecule has 0 aliphatic carbocycles. The van der Waals surface area contributed by atoms with E-state index in [1.807, 2.05) is 30.3 Å². The van der Waals surface area contributed by atoms with Gasteiger partial charge in [0.1, 0.15) is 24.7 Å². The SMILES string of the molecule is C[C@H](NC(=O)[C@H](C)NC(=O)[C@@H](N)Cc1ccccc1)C(=O)N[C@@H](Cc1ccccc1)C(=O)NCC(=O)O. The van der Waals surface area contributed by atoms with Crippen molar-refractivity contribution in [2.24, 2.45) is 5.73 Å². The summed E-state index contributed by atoms with van der Waals surface area (Å²) >= 11 is 0.